The number of carbonyl (C=O) groups is 2. The van der Waals surface area contributed by atoms with Crippen LogP contribution in [0.25, 0.3) is 0 Å². The molecular weight excluding hydrogens is 498 g/mol. The molecule has 206 valence electrons. The number of hydrogen-bond donors (Lipinski definition) is 4. The lowest BCUT2D eigenvalue weighted by molar-refractivity contribution is -0.157. The molecule has 0 saturated heterocycles. The molecule has 3 aromatic rings. The van der Waals surface area contributed by atoms with Gasteiger partial charge in [0.05, 0.1) is 6.04 Å². The number of benzene rings is 2. The Morgan fingerprint density at radius 1 is 1.00 bits per heavy atom. The summed E-state index contributed by atoms with van der Waals surface area (Å²) in [6.07, 6.45) is 2.24. The second-order valence-electron chi connectivity index (χ2n) is 9.97. The predicted molar refractivity (Wildman–Crippen MR) is 149 cm³/mol. The third-order valence-corrected chi connectivity index (χ3v) is 5.81. The number of pyridine rings is 1. The maximum Gasteiger partial charge on any atom is 0.329 e. The lowest BCUT2D eigenvalue weighted by Crippen LogP contribution is -2.46. The summed E-state index contributed by atoms with van der Waals surface area (Å²) >= 11 is 0. The average molecular weight is 534 g/mol. The van der Waals surface area contributed by atoms with Gasteiger partial charge in [0.1, 0.15) is 17.2 Å². The summed E-state index contributed by atoms with van der Waals surface area (Å²) in [7, 11) is 0. The van der Waals surface area contributed by atoms with E-state index in [1.165, 1.54) is 10.6 Å². The Balaban J connectivity index is 1.90. The van der Waals surface area contributed by atoms with Crippen molar-refractivity contribution in [1.82, 2.24) is 15.2 Å². The zero-order valence-corrected chi connectivity index (χ0v) is 22.3. The van der Waals surface area contributed by atoms with Gasteiger partial charge in [-0.2, -0.15) is 0 Å². The molecule has 2 aromatic carbocycles. The molecule has 1 aromatic heterocycles. The normalized spacial score (nSPS) is 12.6. The third kappa shape index (κ3) is 8.19. The van der Waals surface area contributed by atoms with Gasteiger partial charge in [-0.05, 0) is 56.9 Å². The van der Waals surface area contributed by atoms with Crippen LogP contribution in [0.2, 0.25) is 0 Å². The first-order chi connectivity index (χ1) is 18.6. The lowest BCUT2D eigenvalue weighted by Gasteiger charge is -2.25. The molecule has 0 bridgehead atoms. The molecule has 0 aliphatic carbocycles. The first-order valence-corrected chi connectivity index (χ1v) is 12.7. The summed E-state index contributed by atoms with van der Waals surface area (Å²) in [5, 5.41) is 16.9. The van der Waals surface area contributed by atoms with E-state index in [1.54, 1.807) is 33.0 Å². The fraction of sp³-hybridized carbons (Fsp3) is 0.310. The van der Waals surface area contributed by atoms with Crippen LogP contribution in [0.3, 0.4) is 0 Å². The van der Waals surface area contributed by atoms with Crippen molar-refractivity contribution < 1.29 is 19.5 Å². The van der Waals surface area contributed by atoms with Crippen LogP contribution >= 0.6 is 0 Å². The van der Waals surface area contributed by atoms with Gasteiger partial charge in [-0.1, -0.05) is 65.8 Å². The van der Waals surface area contributed by atoms with Gasteiger partial charge in [0.2, 0.25) is 5.96 Å². The zero-order chi connectivity index (χ0) is 28.4. The SMILES string of the molecule is CC(C)(C)OC(=O)[C@H](CCCN/C(N)=N/O)NC(=O)c1cccn(C(c2ccccc2)c2ccccc2)c1=O. The van der Waals surface area contributed by atoms with Crippen LogP contribution in [0.4, 0.5) is 0 Å². The number of oxime groups is 1. The topological polar surface area (TPSA) is 148 Å². The summed E-state index contributed by atoms with van der Waals surface area (Å²) in [6, 6.07) is 20.7. The Bertz CT molecular complexity index is 1290. The monoisotopic (exact) mass is 533 g/mol. The van der Waals surface area contributed by atoms with Gasteiger partial charge in [-0.25, -0.2) is 4.79 Å². The quantitative estimate of drug-likeness (QED) is 0.0782. The minimum atomic E-state index is -1.02. The molecule has 0 spiro atoms. The summed E-state index contributed by atoms with van der Waals surface area (Å²) in [4.78, 5) is 39.9. The summed E-state index contributed by atoms with van der Waals surface area (Å²) in [5.74, 6) is -1.47. The molecule has 1 amide bonds. The number of aromatic nitrogens is 1. The van der Waals surface area contributed by atoms with E-state index in [1.807, 2.05) is 60.7 Å². The standard InChI is InChI=1S/C29H35N5O5/c1-29(2,3)39-27(37)23(17-10-18-31-28(30)33-38)32-25(35)22-16-11-19-34(26(22)36)24(20-12-6-4-7-13-20)21-14-8-5-9-15-21/h4-9,11-16,19,23-24,38H,10,17-18H2,1-3H3,(H,32,35)(H3,30,31,33)/t23-/m0/s1. The molecule has 0 unspecified atom stereocenters. The van der Waals surface area contributed by atoms with Crippen molar-refractivity contribution in [2.24, 2.45) is 10.9 Å². The number of hydrogen-bond acceptors (Lipinski definition) is 6. The van der Waals surface area contributed by atoms with Crippen LogP contribution < -0.4 is 21.9 Å². The highest BCUT2D eigenvalue weighted by Gasteiger charge is 2.28. The minimum Gasteiger partial charge on any atom is -0.458 e. The molecule has 10 nitrogen and oxygen atoms in total. The van der Waals surface area contributed by atoms with Gasteiger partial charge in [0.25, 0.3) is 11.5 Å². The highest BCUT2D eigenvalue weighted by Crippen LogP contribution is 2.25. The van der Waals surface area contributed by atoms with Crippen LogP contribution in [-0.4, -0.2) is 45.8 Å². The summed E-state index contributed by atoms with van der Waals surface area (Å²) in [5.41, 5.74) is 5.82. The van der Waals surface area contributed by atoms with Gasteiger partial charge in [0, 0.05) is 12.7 Å². The Morgan fingerprint density at radius 2 is 1.59 bits per heavy atom. The van der Waals surface area contributed by atoms with Crippen molar-refractivity contribution in [3.8, 4) is 0 Å². The number of guanidine groups is 1. The van der Waals surface area contributed by atoms with E-state index < -0.39 is 35.1 Å². The van der Waals surface area contributed by atoms with Crippen LogP contribution in [0.1, 0.15) is 61.1 Å². The fourth-order valence-corrected chi connectivity index (χ4v) is 4.09. The molecule has 0 aliphatic heterocycles. The second-order valence-corrected chi connectivity index (χ2v) is 9.97. The number of ether oxygens (including phenoxy) is 1. The third-order valence-electron chi connectivity index (χ3n) is 5.81. The molecule has 10 heteroatoms. The maximum atomic E-state index is 13.7. The molecule has 0 radical (unpaired) electrons. The average Bonchev–Trinajstić information content (AvgIpc) is 2.91. The summed E-state index contributed by atoms with van der Waals surface area (Å²) in [6.45, 7) is 5.48. The van der Waals surface area contributed by atoms with E-state index in [4.69, 9.17) is 15.7 Å². The number of rotatable bonds is 10. The van der Waals surface area contributed by atoms with Crippen molar-refractivity contribution in [2.45, 2.75) is 51.3 Å². The molecule has 3 rings (SSSR count). The van der Waals surface area contributed by atoms with Crippen molar-refractivity contribution in [3.63, 3.8) is 0 Å². The molecular formula is C29H35N5O5. The van der Waals surface area contributed by atoms with E-state index in [-0.39, 0.29) is 17.9 Å². The highest BCUT2D eigenvalue weighted by molar-refractivity contribution is 5.96. The molecule has 39 heavy (non-hydrogen) atoms. The van der Waals surface area contributed by atoms with Crippen LogP contribution in [-0.2, 0) is 9.53 Å². The van der Waals surface area contributed by atoms with Crippen LogP contribution in [0.5, 0.6) is 0 Å². The first kappa shape index (κ1) is 29.0. The van der Waals surface area contributed by atoms with Crippen LogP contribution in [0, 0.1) is 0 Å². The number of carbonyl (C=O) groups excluding carboxylic acids is 2. The molecule has 0 fully saturated rings. The van der Waals surface area contributed by atoms with E-state index in [0.717, 1.165) is 11.1 Å². The highest BCUT2D eigenvalue weighted by atomic mass is 16.6. The Kier molecular flexibility index (Phi) is 9.86. The lowest BCUT2D eigenvalue weighted by atomic mass is 9.98. The van der Waals surface area contributed by atoms with Crippen molar-refractivity contribution in [3.05, 3.63) is 106 Å². The van der Waals surface area contributed by atoms with Crippen molar-refractivity contribution in [2.75, 3.05) is 6.54 Å². The Morgan fingerprint density at radius 3 is 2.13 bits per heavy atom. The predicted octanol–water partition coefficient (Wildman–Crippen LogP) is 3.00. The first-order valence-electron chi connectivity index (χ1n) is 12.7. The molecule has 0 aliphatic rings. The smallest absolute Gasteiger partial charge is 0.329 e. The maximum absolute atomic E-state index is 13.7. The number of amides is 1. The molecule has 0 saturated carbocycles. The van der Waals surface area contributed by atoms with Gasteiger partial charge >= 0.3 is 5.97 Å². The zero-order valence-electron chi connectivity index (χ0n) is 22.3. The van der Waals surface area contributed by atoms with Crippen LogP contribution in [0.15, 0.2) is 88.9 Å². The number of nitrogens with zero attached hydrogens (tertiary/aromatic N) is 2. The largest absolute Gasteiger partial charge is 0.458 e. The van der Waals surface area contributed by atoms with E-state index in [9.17, 15) is 14.4 Å². The van der Waals surface area contributed by atoms with Gasteiger partial charge in [-0.3, -0.25) is 9.59 Å². The molecule has 1 atom stereocenters. The molecule has 1 heterocycles. The van der Waals surface area contributed by atoms with Gasteiger partial charge < -0.3 is 30.9 Å². The number of nitrogens with one attached hydrogen (secondary N) is 2. The van der Waals surface area contributed by atoms with E-state index >= 15 is 0 Å². The van der Waals surface area contributed by atoms with Crippen molar-refractivity contribution in [1.29, 1.82) is 0 Å². The van der Waals surface area contributed by atoms with E-state index in [2.05, 4.69) is 15.8 Å². The fourth-order valence-electron chi connectivity index (χ4n) is 4.09. The number of esters is 1. The second kappa shape index (κ2) is 13.3. The Hall–Kier alpha value is -4.60. The van der Waals surface area contributed by atoms with Gasteiger partial charge in [-0.15, -0.1) is 0 Å². The van der Waals surface area contributed by atoms with Gasteiger partial charge in [0.15, 0.2) is 0 Å². The van der Waals surface area contributed by atoms with E-state index in [0.29, 0.717) is 13.0 Å². The van der Waals surface area contributed by atoms with Crippen molar-refractivity contribution >= 4 is 17.8 Å². The molecule has 5 N–H and O–H groups in total. The summed E-state index contributed by atoms with van der Waals surface area (Å²) < 4.78 is 7.01. The number of nitrogens with two attached hydrogens (primary N) is 1. The minimum absolute atomic E-state index is 0.0993. The Labute approximate surface area is 227 Å².